The number of hydrogen-bond donors (Lipinski definition) is 0. The van der Waals surface area contributed by atoms with Crippen LogP contribution in [0.3, 0.4) is 0 Å². The SMILES string of the molecule is CC1CN(c2nc(CSc3ccccc3)nc3sc4c(c23)CCC4)CC(C)O1. The highest BCUT2D eigenvalue weighted by Crippen LogP contribution is 2.41. The highest BCUT2D eigenvalue weighted by molar-refractivity contribution is 7.98. The molecule has 0 spiro atoms. The van der Waals surface area contributed by atoms with Gasteiger partial charge in [-0.3, -0.25) is 0 Å². The van der Waals surface area contributed by atoms with Gasteiger partial charge in [0.25, 0.3) is 0 Å². The first kappa shape index (κ1) is 18.4. The Balaban J connectivity index is 1.53. The summed E-state index contributed by atoms with van der Waals surface area (Å²) >= 11 is 3.69. The van der Waals surface area contributed by atoms with Crippen LogP contribution in [-0.4, -0.2) is 35.3 Å². The number of nitrogens with zero attached hydrogens (tertiary/aromatic N) is 3. The van der Waals surface area contributed by atoms with Gasteiger partial charge in [0, 0.05) is 22.9 Å². The minimum absolute atomic E-state index is 0.225. The number of aromatic nitrogens is 2. The third-order valence-corrected chi connectivity index (χ3v) is 7.62. The highest BCUT2D eigenvalue weighted by Gasteiger charge is 2.29. The monoisotopic (exact) mass is 411 g/mol. The third kappa shape index (κ3) is 3.53. The lowest BCUT2D eigenvalue weighted by Crippen LogP contribution is -2.46. The van der Waals surface area contributed by atoms with Crippen molar-refractivity contribution in [3.63, 3.8) is 0 Å². The van der Waals surface area contributed by atoms with E-state index in [1.807, 2.05) is 11.3 Å². The molecule has 5 rings (SSSR count). The molecule has 2 atom stereocenters. The molecule has 0 saturated carbocycles. The van der Waals surface area contributed by atoms with Crippen molar-refractivity contribution in [2.45, 2.75) is 56.0 Å². The molecule has 0 bridgehead atoms. The van der Waals surface area contributed by atoms with Gasteiger partial charge < -0.3 is 9.64 Å². The van der Waals surface area contributed by atoms with Crippen LogP contribution in [-0.2, 0) is 23.3 Å². The van der Waals surface area contributed by atoms with Gasteiger partial charge in [0.1, 0.15) is 16.5 Å². The molecule has 0 radical (unpaired) electrons. The van der Waals surface area contributed by atoms with Crippen LogP contribution in [0.15, 0.2) is 35.2 Å². The quantitative estimate of drug-likeness (QED) is 0.559. The molecular weight excluding hydrogens is 386 g/mol. The summed E-state index contributed by atoms with van der Waals surface area (Å²) in [5.74, 6) is 2.86. The molecule has 1 aliphatic carbocycles. The van der Waals surface area contributed by atoms with E-state index in [1.54, 1.807) is 11.8 Å². The smallest absolute Gasteiger partial charge is 0.142 e. The van der Waals surface area contributed by atoms with Gasteiger partial charge in [0.15, 0.2) is 0 Å². The molecule has 3 aromatic rings. The number of thiophene rings is 1. The minimum atomic E-state index is 0.225. The van der Waals surface area contributed by atoms with E-state index < -0.39 is 0 Å². The minimum Gasteiger partial charge on any atom is -0.372 e. The fraction of sp³-hybridized carbons (Fsp3) is 0.455. The fourth-order valence-electron chi connectivity index (χ4n) is 4.33. The molecule has 1 fully saturated rings. The van der Waals surface area contributed by atoms with Crippen LogP contribution in [0.4, 0.5) is 5.82 Å². The number of morpholine rings is 1. The van der Waals surface area contributed by atoms with Gasteiger partial charge in [0.2, 0.25) is 0 Å². The first-order chi connectivity index (χ1) is 13.7. The van der Waals surface area contributed by atoms with Gasteiger partial charge in [0.05, 0.1) is 23.3 Å². The molecular formula is C22H25N3OS2. The molecule has 6 heteroatoms. The van der Waals surface area contributed by atoms with Crippen molar-refractivity contribution >= 4 is 39.1 Å². The Bertz CT molecular complexity index is 978. The number of hydrogen-bond acceptors (Lipinski definition) is 6. The maximum absolute atomic E-state index is 5.97. The molecule has 0 amide bonds. The first-order valence-electron chi connectivity index (χ1n) is 10.1. The average Bonchev–Trinajstić information content (AvgIpc) is 3.26. The number of aryl methyl sites for hydroxylation is 2. The van der Waals surface area contributed by atoms with Gasteiger partial charge >= 0.3 is 0 Å². The van der Waals surface area contributed by atoms with Crippen LogP contribution in [0.5, 0.6) is 0 Å². The van der Waals surface area contributed by atoms with Crippen molar-refractivity contribution in [3.8, 4) is 0 Å². The normalized spacial score (nSPS) is 22.0. The van der Waals surface area contributed by atoms with Gasteiger partial charge in [-0.2, -0.15) is 0 Å². The van der Waals surface area contributed by atoms with Gasteiger partial charge in [-0.1, -0.05) is 18.2 Å². The lowest BCUT2D eigenvalue weighted by molar-refractivity contribution is -0.00538. The Labute approximate surface area is 174 Å². The van der Waals surface area contributed by atoms with E-state index in [4.69, 9.17) is 14.7 Å². The molecule has 1 aromatic carbocycles. The molecule has 3 heterocycles. The molecule has 4 nitrogen and oxygen atoms in total. The Hall–Kier alpha value is -1.63. The van der Waals surface area contributed by atoms with Gasteiger partial charge in [-0.05, 0) is 50.8 Å². The summed E-state index contributed by atoms with van der Waals surface area (Å²) in [6, 6.07) is 10.5. The van der Waals surface area contributed by atoms with Crippen molar-refractivity contribution in [1.82, 2.24) is 9.97 Å². The van der Waals surface area contributed by atoms with E-state index in [0.29, 0.717) is 0 Å². The van der Waals surface area contributed by atoms with Crippen LogP contribution in [0, 0.1) is 0 Å². The average molecular weight is 412 g/mol. The van der Waals surface area contributed by atoms with Crippen LogP contribution < -0.4 is 4.90 Å². The summed E-state index contributed by atoms with van der Waals surface area (Å²) in [4.78, 5) is 16.5. The number of fused-ring (bicyclic) bond motifs is 3. The summed E-state index contributed by atoms with van der Waals surface area (Å²) in [6.45, 7) is 6.11. The summed E-state index contributed by atoms with van der Waals surface area (Å²) in [7, 11) is 0. The van der Waals surface area contributed by atoms with Crippen molar-refractivity contribution < 1.29 is 4.74 Å². The molecule has 2 aromatic heterocycles. The van der Waals surface area contributed by atoms with Crippen molar-refractivity contribution in [2.75, 3.05) is 18.0 Å². The zero-order valence-corrected chi connectivity index (χ0v) is 18.0. The fourth-order valence-corrected chi connectivity index (χ4v) is 6.38. The summed E-state index contributed by atoms with van der Waals surface area (Å²) in [5.41, 5.74) is 1.50. The maximum Gasteiger partial charge on any atom is 0.142 e. The predicted octanol–water partition coefficient (Wildman–Crippen LogP) is 5.09. The van der Waals surface area contributed by atoms with Crippen LogP contribution >= 0.6 is 23.1 Å². The van der Waals surface area contributed by atoms with Gasteiger partial charge in [-0.25, -0.2) is 9.97 Å². The maximum atomic E-state index is 5.97. The van der Waals surface area contributed by atoms with Crippen LogP contribution in [0.2, 0.25) is 0 Å². The Kier molecular flexibility index (Phi) is 5.03. The topological polar surface area (TPSA) is 38.2 Å². The summed E-state index contributed by atoms with van der Waals surface area (Å²) in [5, 5.41) is 1.31. The van der Waals surface area contributed by atoms with Crippen LogP contribution in [0.25, 0.3) is 10.2 Å². The molecule has 1 saturated heterocycles. The Morgan fingerprint density at radius 2 is 1.89 bits per heavy atom. The standard InChI is InChI=1S/C22H25N3OS2/c1-14-11-25(12-15(2)26-14)21-20-17-9-6-10-18(17)28-22(20)24-19(23-21)13-27-16-7-4-3-5-8-16/h3-5,7-8,14-15H,6,9-13H2,1-2H3. The van der Waals surface area contributed by atoms with E-state index in [0.717, 1.165) is 30.5 Å². The molecule has 28 heavy (non-hydrogen) atoms. The van der Waals surface area contributed by atoms with Crippen molar-refractivity contribution in [1.29, 1.82) is 0 Å². The first-order valence-corrected chi connectivity index (χ1v) is 11.9. The second kappa shape index (κ2) is 7.65. The molecule has 1 aliphatic heterocycles. The second-order valence-electron chi connectivity index (χ2n) is 7.76. The molecule has 2 aliphatic rings. The lowest BCUT2D eigenvalue weighted by atomic mass is 10.1. The molecule has 0 N–H and O–H groups in total. The number of rotatable bonds is 4. The van der Waals surface area contributed by atoms with E-state index >= 15 is 0 Å². The summed E-state index contributed by atoms with van der Waals surface area (Å²) in [6.07, 6.45) is 4.07. The Morgan fingerprint density at radius 1 is 1.11 bits per heavy atom. The Morgan fingerprint density at radius 3 is 2.68 bits per heavy atom. The number of anilines is 1. The van der Waals surface area contributed by atoms with Crippen molar-refractivity contribution in [2.24, 2.45) is 0 Å². The van der Waals surface area contributed by atoms with E-state index in [1.165, 1.54) is 44.8 Å². The lowest BCUT2D eigenvalue weighted by Gasteiger charge is -2.36. The van der Waals surface area contributed by atoms with E-state index in [9.17, 15) is 0 Å². The molecule has 146 valence electrons. The van der Waals surface area contributed by atoms with Gasteiger partial charge in [-0.15, -0.1) is 23.1 Å². The van der Waals surface area contributed by atoms with Crippen molar-refractivity contribution in [3.05, 3.63) is 46.6 Å². The number of benzene rings is 1. The summed E-state index contributed by atoms with van der Waals surface area (Å²) < 4.78 is 5.97. The number of thioether (sulfide) groups is 1. The second-order valence-corrected chi connectivity index (χ2v) is 9.90. The van der Waals surface area contributed by atoms with E-state index in [2.05, 4.69) is 49.1 Å². The van der Waals surface area contributed by atoms with E-state index in [-0.39, 0.29) is 12.2 Å². The third-order valence-electron chi connectivity index (χ3n) is 5.42. The highest BCUT2D eigenvalue weighted by atomic mass is 32.2. The largest absolute Gasteiger partial charge is 0.372 e. The zero-order chi connectivity index (χ0) is 19.1. The predicted molar refractivity (Wildman–Crippen MR) is 118 cm³/mol. The zero-order valence-electron chi connectivity index (χ0n) is 16.4. The number of ether oxygens (including phenoxy) is 1. The van der Waals surface area contributed by atoms with Crippen LogP contribution in [0.1, 0.15) is 36.5 Å². The molecule has 2 unspecified atom stereocenters.